The Bertz CT molecular complexity index is 450. The van der Waals surface area contributed by atoms with Crippen LogP contribution in [0.1, 0.15) is 32.8 Å². The molecule has 0 bridgehead atoms. The van der Waals surface area contributed by atoms with Crippen LogP contribution in [0.15, 0.2) is 18.2 Å². The van der Waals surface area contributed by atoms with Crippen molar-refractivity contribution in [3.63, 3.8) is 0 Å². The SMILES string of the molecule is CCC1CN(c2ccc(CNCC(C)C)cc2F)CCO1. The molecule has 0 radical (unpaired) electrons. The van der Waals surface area contributed by atoms with E-state index in [1.807, 2.05) is 12.1 Å². The van der Waals surface area contributed by atoms with Gasteiger partial charge in [-0.15, -0.1) is 0 Å². The highest BCUT2D eigenvalue weighted by Gasteiger charge is 2.21. The minimum Gasteiger partial charge on any atom is -0.375 e. The zero-order valence-electron chi connectivity index (χ0n) is 13.4. The lowest BCUT2D eigenvalue weighted by atomic mass is 10.1. The summed E-state index contributed by atoms with van der Waals surface area (Å²) in [6.07, 6.45) is 1.18. The monoisotopic (exact) mass is 294 g/mol. The molecule has 0 aliphatic carbocycles. The second kappa shape index (κ2) is 7.76. The number of benzene rings is 1. The van der Waals surface area contributed by atoms with Crippen LogP contribution in [0.4, 0.5) is 10.1 Å². The van der Waals surface area contributed by atoms with Crippen LogP contribution >= 0.6 is 0 Å². The Kier molecular flexibility index (Phi) is 6.00. The van der Waals surface area contributed by atoms with Crippen LogP contribution in [0.3, 0.4) is 0 Å². The molecule has 1 heterocycles. The molecule has 1 unspecified atom stereocenters. The van der Waals surface area contributed by atoms with E-state index in [4.69, 9.17) is 4.74 Å². The van der Waals surface area contributed by atoms with Crippen LogP contribution < -0.4 is 10.2 Å². The van der Waals surface area contributed by atoms with Gasteiger partial charge in [0.15, 0.2) is 0 Å². The third kappa shape index (κ3) is 4.68. The Balaban J connectivity index is 1.98. The summed E-state index contributed by atoms with van der Waals surface area (Å²) in [4.78, 5) is 2.10. The molecule has 4 heteroatoms. The molecule has 2 rings (SSSR count). The third-order valence-corrected chi connectivity index (χ3v) is 3.83. The fraction of sp³-hybridized carbons (Fsp3) is 0.647. The van der Waals surface area contributed by atoms with Crippen LogP contribution in [-0.2, 0) is 11.3 Å². The summed E-state index contributed by atoms with van der Waals surface area (Å²) in [6, 6.07) is 5.57. The first kappa shape index (κ1) is 16.2. The molecule has 118 valence electrons. The quantitative estimate of drug-likeness (QED) is 0.872. The van der Waals surface area contributed by atoms with Crippen LogP contribution in [0, 0.1) is 11.7 Å². The van der Waals surface area contributed by atoms with Gasteiger partial charge in [-0.05, 0) is 36.6 Å². The normalized spacial score (nSPS) is 19.3. The molecule has 1 aromatic rings. The van der Waals surface area contributed by atoms with Crippen LogP contribution in [0.5, 0.6) is 0 Å². The van der Waals surface area contributed by atoms with Crippen molar-refractivity contribution in [2.24, 2.45) is 5.92 Å². The minimum absolute atomic E-state index is 0.129. The van der Waals surface area contributed by atoms with Crippen LogP contribution in [0.2, 0.25) is 0 Å². The molecular formula is C17H27FN2O. The van der Waals surface area contributed by atoms with Crippen molar-refractivity contribution in [1.29, 1.82) is 0 Å². The zero-order valence-corrected chi connectivity index (χ0v) is 13.4. The molecule has 3 nitrogen and oxygen atoms in total. The standard InChI is InChI=1S/C17H27FN2O/c1-4-15-12-20(7-8-21-15)17-6-5-14(9-16(17)18)11-19-10-13(2)3/h5-6,9,13,15,19H,4,7-8,10-12H2,1-3H3. The first-order valence-corrected chi connectivity index (χ1v) is 7.95. The predicted molar refractivity (Wildman–Crippen MR) is 85.2 cm³/mol. The van der Waals surface area contributed by atoms with E-state index in [1.165, 1.54) is 0 Å². The second-order valence-corrected chi connectivity index (χ2v) is 6.16. The number of hydrogen-bond acceptors (Lipinski definition) is 3. The van der Waals surface area contributed by atoms with Crippen molar-refractivity contribution in [3.8, 4) is 0 Å². The van der Waals surface area contributed by atoms with Gasteiger partial charge in [0.25, 0.3) is 0 Å². The van der Waals surface area contributed by atoms with Gasteiger partial charge in [-0.2, -0.15) is 0 Å². The first-order valence-electron chi connectivity index (χ1n) is 7.95. The number of anilines is 1. The Morgan fingerprint density at radius 3 is 2.90 bits per heavy atom. The van der Waals surface area contributed by atoms with E-state index in [-0.39, 0.29) is 11.9 Å². The van der Waals surface area contributed by atoms with E-state index >= 15 is 0 Å². The van der Waals surface area contributed by atoms with Gasteiger partial charge in [0.05, 0.1) is 18.4 Å². The van der Waals surface area contributed by atoms with E-state index < -0.39 is 0 Å². The molecule has 0 spiro atoms. The summed E-state index contributed by atoms with van der Waals surface area (Å²) < 4.78 is 20.0. The van der Waals surface area contributed by atoms with Crippen molar-refractivity contribution < 1.29 is 9.13 Å². The van der Waals surface area contributed by atoms with Crippen molar-refractivity contribution in [1.82, 2.24) is 5.32 Å². The highest BCUT2D eigenvalue weighted by molar-refractivity contribution is 5.49. The fourth-order valence-electron chi connectivity index (χ4n) is 2.61. The maximum Gasteiger partial charge on any atom is 0.146 e. The summed E-state index contributed by atoms with van der Waals surface area (Å²) in [5.74, 6) is 0.476. The number of morpholine rings is 1. The summed E-state index contributed by atoms with van der Waals surface area (Å²) in [7, 11) is 0. The third-order valence-electron chi connectivity index (χ3n) is 3.83. The van der Waals surface area contributed by atoms with Crippen LogP contribution in [0.25, 0.3) is 0 Å². The van der Waals surface area contributed by atoms with E-state index in [2.05, 4.69) is 31.0 Å². The van der Waals surface area contributed by atoms with Gasteiger partial charge in [-0.3, -0.25) is 0 Å². The number of ether oxygens (including phenoxy) is 1. The number of hydrogen-bond donors (Lipinski definition) is 1. The Morgan fingerprint density at radius 1 is 1.43 bits per heavy atom. The predicted octanol–water partition coefficient (Wildman–Crippen LogP) is 3.19. The molecule has 1 aliphatic rings. The van der Waals surface area contributed by atoms with Gasteiger partial charge in [-0.25, -0.2) is 4.39 Å². The Labute approximate surface area is 127 Å². The van der Waals surface area contributed by atoms with Gasteiger partial charge in [-0.1, -0.05) is 26.8 Å². The average Bonchev–Trinajstić information content (AvgIpc) is 2.47. The van der Waals surface area contributed by atoms with Crippen LogP contribution in [-0.4, -0.2) is 32.3 Å². The minimum atomic E-state index is -0.129. The summed E-state index contributed by atoms with van der Waals surface area (Å²) >= 11 is 0. The van der Waals surface area contributed by atoms with Crippen molar-refractivity contribution >= 4 is 5.69 Å². The molecule has 1 aromatic carbocycles. The van der Waals surface area contributed by atoms with Gasteiger partial charge in [0, 0.05) is 19.6 Å². The molecule has 1 aliphatic heterocycles. The summed E-state index contributed by atoms with van der Waals surface area (Å²) in [5.41, 5.74) is 1.70. The lowest BCUT2D eigenvalue weighted by molar-refractivity contribution is 0.0382. The molecule has 21 heavy (non-hydrogen) atoms. The molecule has 0 saturated carbocycles. The largest absolute Gasteiger partial charge is 0.375 e. The van der Waals surface area contributed by atoms with E-state index in [9.17, 15) is 4.39 Å². The van der Waals surface area contributed by atoms with Gasteiger partial charge >= 0.3 is 0 Å². The van der Waals surface area contributed by atoms with Gasteiger partial charge in [0.2, 0.25) is 0 Å². The zero-order chi connectivity index (χ0) is 15.2. The molecule has 0 amide bonds. The summed E-state index contributed by atoms with van der Waals surface area (Å²) in [5, 5.41) is 3.34. The first-order chi connectivity index (χ1) is 10.1. The number of rotatable bonds is 6. The van der Waals surface area contributed by atoms with Crippen molar-refractivity contribution in [3.05, 3.63) is 29.6 Å². The Morgan fingerprint density at radius 2 is 2.24 bits per heavy atom. The van der Waals surface area contributed by atoms with E-state index in [0.29, 0.717) is 18.2 Å². The highest BCUT2D eigenvalue weighted by Crippen LogP contribution is 2.23. The molecule has 1 N–H and O–H groups in total. The maximum atomic E-state index is 14.3. The average molecular weight is 294 g/mol. The molecule has 1 atom stereocenters. The lowest BCUT2D eigenvalue weighted by Gasteiger charge is -2.34. The highest BCUT2D eigenvalue weighted by atomic mass is 19.1. The second-order valence-electron chi connectivity index (χ2n) is 6.16. The maximum absolute atomic E-state index is 14.3. The molecule has 0 aromatic heterocycles. The van der Waals surface area contributed by atoms with E-state index in [0.717, 1.165) is 38.2 Å². The van der Waals surface area contributed by atoms with Crippen molar-refractivity contribution in [2.45, 2.75) is 39.8 Å². The molecular weight excluding hydrogens is 267 g/mol. The van der Waals surface area contributed by atoms with E-state index in [1.54, 1.807) is 6.07 Å². The van der Waals surface area contributed by atoms with Gasteiger partial charge in [0.1, 0.15) is 5.82 Å². The number of nitrogens with one attached hydrogen (secondary N) is 1. The lowest BCUT2D eigenvalue weighted by Crippen LogP contribution is -2.42. The Hall–Kier alpha value is -1.13. The number of nitrogens with zero attached hydrogens (tertiary/aromatic N) is 1. The number of halogens is 1. The summed E-state index contributed by atoms with van der Waals surface area (Å²) in [6.45, 7) is 10.3. The molecule has 1 fully saturated rings. The topological polar surface area (TPSA) is 24.5 Å². The smallest absolute Gasteiger partial charge is 0.146 e. The molecule has 1 saturated heterocycles. The fourth-order valence-corrected chi connectivity index (χ4v) is 2.61. The van der Waals surface area contributed by atoms with Gasteiger partial charge < -0.3 is 15.0 Å². The van der Waals surface area contributed by atoms with Crippen molar-refractivity contribution in [2.75, 3.05) is 31.1 Å².